The number of aliphatic hydroxyl groups excluding tert-OH is 1. The molecular formula is C11H16O8Si. The van der Waals surface area contributed by atoms with Gasteiger partial charge < -0.3 is 18.4 Å². The molecular weight excluding hydrogens is 288 g/mol. The van der Waals surface area contributed by atoms with Crippen molar-refractivity contribution in [1.82, 2.24) is 0 Å². The molecule has 0 bridgehead atoms. The van der Waals surface area contributed by atoms with E-state index in [1.54, 1.807) is 0 Å². The van der Waals surface area contributed by atoms with Crippen LogP contribution in [0.5, 0.6) is 0 Å². The molecule has 0 aliphatic heterocycles. The van der Waals surface area contributed by atoms with Crippen LogP contribution in [0.15, 0.2) is 12.7 Å². The Bertz CT molecular complexity index is 389. The van der Waals surface area contributed by atoms with E-state index in [2.05, 4.69) is 6.58 Å². The van der Waals surface area contributed by atoms with Gasteiger partial charge in [-0.05, 0) is 6.08 Å². The van der Waals surface area contributed by atoms with Crippen molar-refractivity contribution in [2.45, 2.75) is 32.9 Å². The van der Waals surface area contributed by atoms with Crippen LogP contribution in [0, 0.1) is 0 Å². The van der Waals surface area contributed by atoms with Gasteiger partial charge in [-0.15, -0.1) is 0 Å². The molecule has 0 spiro atoms. The Morgan fingerprint density at radius 1 is 1.05 bits per heavy atom. The van der Waals surface area contributed by atoms with Crippen LogP contribution in [0.2, 0.25) is 6.04 Å². The fourth-order valence-corrected chi connectivity index (χ4v) is 3.68. The number of aliphatic hydroxyl groups is 1. The third-order valence-electron chi connectivity index (χ3n) is 1.87. The predicted octanol–water partition coefficient (Wildman–Crippen LogP) is -0.269. The Kier molecular flexibility index (Phi) is 6.80. The molecule has 0 aromatic rings. The van der Waals surface area contributed by atoms with Crippen LogP contribution in [0.4, 0.5) is 0 Å². The molecule has 0 rings (SSSR count). The molecule has 112 valence electrons. The summed E-state index contributed by atoms with van der Waals surface area (Å²) >= 11 is 0. The van der Waals surface area contributed by atoms with Gasteiger partial charge in [0.1, 0.15) is 6.10 Å². The van der Waals surface area contributed by atoms with Gasteiger partial charge in [0, 0.05) is 20.8 Å². The van der Waals surface area contributed by atoms with Crippen LogP contribution in [0.25, 0.3) is 0 Å². The molecule has 0 saturated heterocycles. The Labute approximate surface area is 116 Å². The van der Waals surface area contributed by atoms with Crippen LogP contribution in [0.1, 0.15) is 20.8 Å². The van der Waals surface area contributed by atoms with Crippen LogP contribution >= 0.6 is 0 Å². The predicted molar refractivity (Wildman–Crippen MR) is 67.1 cm³/mol. The monoisotopic (exact) mass is 304 g/mol. The molecule has 1 atom stereocenters. The molecule has 0 heterocycles. The minimum Gasteiger partial charge on any atom is -0.455 e. The first-order chi connectivity index (χ1) is 9.11. The second kappa shape index (κ2) is 7.55. The lowest BCUT2D eigenvalue weighted by Crippen LogP contribution is -2.52. The van der Waals surface area contributed by atoms with Gasteiger partial charge in [-0.2, -0.15) is 0 Å². The summed E-state index contributed by atoms with van der Waals surface area (Å²) in [5.41, 5.74) is 0. The minimum atomic E-state index is -4.19. The lowest BCUT2D eigenvalue weighted by molar-refractivity contribution is -0.148. The molecule has 1 unspecified atom stereocenters. The standard InChI is InChI=1S/C11H16O8Si/c1-5-10(15)11(16)6-20(17-7(2)12,18-8(3)13)19-9(4)14/h5,11,16H,1,6H2,2-4H3. The van der Waals surface area contributed by atoms with E-state index >= 15 is 0 Å². The normalized spacial score (nSPS) is 12.0. The molecule has 1 N–H and O–H groups in total. The Morgan fingerprint density at radius 2 is 1.40 bits per heavy atom. The van der Waals surface area contributed by atoms with Gasteiger partial charge in [0.05, 0.1) is 6.04 Å². The highest BCUT2D eigenvalue weighted by Gasteiger charge is 2.54. The van der Waals surface area contributed by atoms with Gasteiger partial charge >= 0.3 is 8.80 Å². The SMILES string of the molecule is C=CC(=O)C(O)C[Si](OC(C)=O)(OC(C)=O)OC(C)=O. The lowest BCUT2D eigenvalue weighted by atomic mass is 10.2. The maximum Gasteiger partial charge on any atom is 0.708 e. The second-order valence-corrected chi connectivity index (χ2v) is 6.18. The number of ketones is 1. The van der Waals surface area contributed by atoms with Crippen molar-refractivity contribution in [3.05, 3.63) is 12.7 Å². The summed E-state index contributed by atoms with van der Waals surface area (Å²) < 4.78 is 14.4. The van der Waals surface area contributed by atoms with E-state index < -0.39 is 44.6 Å². The first kappa shape index (κ1) is 18.0. The molecule has 0 amide bonds. The van der Waals surface area contributed by atoms with E-state index in [4.69, 9.17) is 13.3 Å². The fourth-order valence-electron chi connectivity index (χ4n) is 1.32. The van der Waals surface area contributed by atoms with Crippen molar-refractivity contribution in [3.63, 3.8) is 0 Å². The molecule has 0 radical (unpaired) electrons. The zero-order valence-corrected chi connectivity index (χ0v) is 12.4. The van der Waals surface area contributed by atoms with E-state index in [9.17, 15) is 24.3 Å². The van der Waals surface area contributed by atoms with Crippen LogP contribution in [-0.2, 0) is 32.5 Å². The Morgan fingerprint density at radius 3 is 1.65 bits per heavy atom. The Balaban J connectivity index is 5.39. The minimum absolute atomic E-state index is 0.628. The topological polar surface area (TPSA) is 116 Å². The quantitative estimate of drug-likeness (QED) is 0.504. The highest BCUT2D eigenvalue weighted by Crippen LogP contribution is 2.20. The zero-order chi connectivity index (χ0) is 15.9. The second-order valence-electron chi connectivity index (χ2n) is 3.79. The van der Waals surface area contributed by atoms with Crippen molar-refractivity contribution >= 4 is 32.5 Å². The van der Waals surface area contributed by atoms with E-state index in [1.165, 1.54) is 0 Å². The molecule has 0 aromatic heterocycles. The average Bonchev–Trinajstić information content (AvgIpc) is 2.24. The molecule has 0 saturated carbocycles. The van der Waals surface area contributed by atoms with Crippen molar-refractivity contribution in [1.29, 1.82) is 0 Å². The summed E-state index contributed by atoms with van der Waals surface area (Å²) in [7, 11) is -4.19. The highest BCUT2D eigenvalue weighted by molar-refractivity contribution is 6.66. The number of hydrogen-bond donors (Lipinski definition) is 1. The zero-order valence-electron chi connectivity index (χ0n) is 11.4. The van der Waals surface area contributed by atoms with Crippen molar-refractivity contribution < 1.29 is 37.6 Å². The van der Waals surface area contributed by atoms with Crippen LogP contribution in [-0.4, -0.2) is 43.7 Å². The maximum atomic E-state index is 11.3. The van der Waals surface area contributed by atoms with Gasteiger partial charge in [0.15, 0.2) is 5.78 Å². The smallest absolute Gasteiger partial charge is 0.455 e. The largest absolute Gasteiger partial charge is 0.708 e. The third-order valence-corrected chi connectivity index (χ3v) is 4.55. The molecule has 20 heavy (non-hydrogen) atoms. The lowest BCUT2D eigenvalue weighted by Gasteiger charge is -2.27. The number of carbonyl (C=O) groups excluding carboxylic acids is 4. The van der Waals surface area contributed by atoms with E-state index in [-0.39, 0.29) is 0 Å². The van der Waals surface area contributed by atoms with Crippen molar-refractivity contribution in [2.24, 2.45) is 0 Å². The number of rotatable bonds is 7. The molecule has 9 heteroatoms. The molecule has 8 nitrogen and oxygen atoms in total. The third kappa shape index (κ3) is 6.25. The first-order valence-electron chi connectivity index (χ1n) is 5.55. The summed E-state index contributed by atoms with van der Waals surface area (Å²) in [6.45, 7) is 6.21. The van der Waals surface area contributed by atoms with Crippen molar-refractivity contribution in [3.8, 4) is 0 Å². The fraction of sp³-hybridized carbons (Fsp3) is 0.455. The summed E-state index contributed by atoms with van der Waals surface area (Å²) in [5, 5.41) is 9.63. The molecule has 0 aliphatic carbocycles. The van der Waals surface area contributed by atoms with Crippen LogP contribution < -0.4 is 0 Å². The van der Waals surface area contributed by atoms with Gasteiger partial charge in [-0.3, -0.25) is 19.2 Å². The summed E-state index contributed by atoms with van der Waals surface area (Å²) in [4.78, 5) is 44.5. The summed E-state index contributed by atoms with van der Waals surface area (Å²) in [5.74, 6) is -3.42. The van der Waals surface area contributed by atoms with Crippen LogP contribution in [0.3, 0.4) is 0 Å². The van der Waals surface area contributed by atoms with Gasteiger partial charge in [0.25, 0.3) is 17.9 Å². The molecule has 0 aromatic carbocycles. The molecule has 0 fully saturated rings. The molecule has 0 aliphatic rings. The van der Waals surface area contributed by atoms with E-state index in [1.807, 2.05) is 0 Å². The summed E-state index contributed by atoms with van der Waals surface area (Å²) in [6.07, 6.45) is -0.823. The maximum absolute atomic E-state index is 11.3. The average molecular weight is 304 g/mol. The van der Waals surface area contributed by atoms with E-state index in [0.717, 1.165) is 26.8 Å². The summed E-state index contributed by atoms with van der Waals surface area (Å²) in [6, 6.07) is -0.628. The highest BCUT2D eigenvalue weighted by atomic mass is 28.4. The number of hydrogen-bond acceptors (Lipinski definition) is 8. The van der Waals surface area contributed by atoms with Crippen molar-refractivity contribution in [2.75, 3.05) is 0 Å². The van der Waals surface area contributed by atoms with Gasteiger partial charge in [-0.25, -0.2) is 0 Å². The first-order valence-corrected chi connectivity index (χ1v) is 7.48. The van der Waals surface area contributed by atoms with E-state index in [0.29, 0.717) is 0 Å². The van der Waals surface area contributed by atoms with Gasteiger partial charge in [0.2, 0.25) is 0 Å². The van der Waals surface area contributed by atoms with Gasteiger partial charge in [-0.1, -0.05) is 6.58 Å². The number of carbonyl (C=O) groups is 4. The Hall–Kier alpha value is -2.00.